The van der Waals surface area contributed by atoms with Crippen LogP contribution in [0.3, 0.4) is 0 Å². The number of aryl methyl sites for hydroxylation is 5. The van der Waals surface area contributed by atoms with Crippen molar-refractivity contribution in [1.82, 2.24) is 19.9 Å². The van der Waals surface area contributed by atoms with Crippen LogP contribution in [0.1, 0.15) is 58.7 Å². The average molecular weight is 1010 g/mol. The van der Waals surface area contributed by atoms with Gasteiger partial charge in [-0.2, -0.15) is 0 Å². The summed E-state index contributed by atoms with van der Waals surface area (Å²) in [5.41, 5.74) is 15.2. The maximum absolute atomic E-state index is 9.46. The molecule has 0 aliphatic rings. The van der Waals surface area contributed by atoms with E-state index in [2.05, 4.69) is 83.8 Å². The SMILES string of the molecule is [2H]C([2H])([2H])c1ccc2c(n1)oc1c(-c3cc(C([2H])(C)C)c(-c4ccccc4-c4cc(CCc5ccc(-c6[c-]cccc6)nc5)cc(CCc5ccc(-c6[c-]cccc6)nc5)c4)cn3)[c-]ccc12.[Ir+3]. The number of benzene rings is 5. The largest absolute Gasteiger partial charge is 3.00 e. The van der Waals surface area contributed by atoms with Crippen LogP contribution >= 0.6 is 0 Å². The molecule has 5 nitrogen and oxygen atoms in total. The minimum absolute atomic E-state index is 0. The van der Waals surface area contributed by atoms with Gasteiger partial charge in [0.05, 0.1) is 5.58 Å². The van der Waals surface area contributed by atoms with Gasteiger partial charge in [-0.3, -0.25) is 0 Å². The molecule has 6 heteroatoms. The summed E-state index contributed by atoms with van der Waals surface area (Å²) in [6.07, 6.45) is 9.10. The van der Waals surface area contributed by atoms with Crippen molar-refractivity contribution in [1.29, 1.82) is 0 Å². The van der Waals surface area contributed by atoms with E-state index in [0.717, 1.165) is 92.5 Å². The maximum atomic E-state index is 9.46. The van der Waals surface area contributed by atoms with E-state index in [1.807, 2.05) is 105 Å². The molecule has 10 aromatic rings. The van der Waals surface area contributed by atoms with Crippen molar-refractivity contribution in [3.05, 3.63) is 216 Å². The number of furan rings is 1. The van der Waals surface area contributed by atoms with E-state index in [4.69, 9.17) is 23.5 Å². The van der Waals surface area contributed by atoms with Crippen molar-refractivity contribution in [2.75, 3.05) is 0 Å². The van der Waals surface area contributed by atoms with Gasteiger partial charge in [0.15, 0.2) is 0 Å². The van der Waals surface area contributed by atoms with Gasteiger partial charge in [-0.15, -0.1) is 90.0 Å². The first-order valence-electron chi connectivity index (χ1n) is 23.3. The predicted octanol–water partition coefficient (Wildman–Crippen LogP) is 13.9. The van der Waals surface area contributed by atoms with Crippen molar-refractivity contribution in [2.45, 2.75) is 52.3 Å². The first kappa shape index (κ1) is 37.7. The van der Waals surface area contributed by atoms with Crippen molar-refractivity contribution in [3.8, 4) is 56.0 Å². The number of pyridine rings is 4. The molecular weight excluding hydrogens is 961 g/mol. The maximum Gasteiger partial charge on any atom is 3.00 e. The molecule has 5 aromatic heterocycles. The van der Waals surface area contributed by atoms with E-state index >= 15 is 0 Å². The van der Waals surface area contributed by atoms with E-state index in [1.54, 1.807) is 6.07 Å². The third kappa shape index (κ3) is 8.99. The van der Waals surface area contributed by atoms with E-state index < -0.39 is 12.7 Å². The molecule has 5 heterocycles. The van der Waals surface area contributed by atoms with E-state index in [-0.39, 0.29) is 31.5 Å². The molecule has 0 atom stereocenters. The molecule has 0 amide bonds. The van der Waals surface area contributed by atoms with Crippen molar-refractivity contribution in [2.24, 2.45) is 0 Å². The second kappa shape index (κ2) is 18.9. The van der Waals surface area contributed by atoms with E-state index in [0.29, 0.717) is 22.2 Å². The minimum atomic E-state index is -2.37. The molecule has 0 radical (unpaired) electrons. The minimum Gasteiger partial charge on any atom is -0.486 e. The Kier molecular flexibility index (Phi) is 11.1. The van der Waals surface area contributed by atoms with E-state index in [1.165, 1.54) is 17.2 Å². The van der Waals surface area contributed by atoms with Gasteiger partial charge in [-0.05, 0) is 112 Å². The molecule has 0 N–H and O–H groups in total. The molecule has 5 aromatic carbocycles. The Hall–Kier alpha value is -6.85. The average Bonchev–Trinajstić information content (AvgIpc) is 3.74. The molecule has 0 bridgehead atoms. The van der Waals surface area contributed by atoms with Gasteiger partial charge in [0, 0.05) is 40.7 Å². The normalized spacial score (nSPS) is 12.6. The molecule has 64 heavy (non-hydrogen) atoms. The second-order valence-corrected chi connectivity index (χ2v) is 16.1. The van der Waals surface area contributed by atoms with Gasteiger partial charge < -0.3 is 19.4 Å². The summed E-state index contributed by atoms with van der Waals surface area (Å²) < 4.78 is 39.3. The zero-order valence-corrected chi connectivity index (χ0v) is 37.8. The number of nitrogens with zero attached hydrogens (tertiary/aromatic N) is 4. The number of rotatable bonds is 12. The van der Waals surface area contributed by atoms with Crippen LogP contribution in [0.25, 0.3) is 78.1 Å². The number of hydrogen-bond acceptors (Lipinski definition) is 5. The van der Waals surface area contributed by atoms with Crippen LogP contribution in [0.4, 0.5) is 0 Å². The topological polar surface area (TPSA) is 64.7 Å². The molecule has 0 aliphatic heterocycles. The summed E-state index contributed by atoms with van der Waals surface area (Å²) in [7, 11) is 0. The monoisotopic (exact) mass is 1010 g/mol. The molecular formula is C58H45IrN4O. The quantitative estimate of drug-likeness (QED) is 0.114. The van der Waals surface area contributed by atoms with Gasteiger partial charge in [0.2, 0.25) is 5.71 Å². The molecule has 0 unspecified atom stereocenters. The first-order chi connectivity index (χ1) is 32.4. The summed E-state index contributed by atoms with van der Waals surface area (Å²) in [5.74, 6) is -1.02. The van der Waals surface area contributed by atoms with Crippen molar-refractivity contribution < 1.29 is 30.0 Å². The van der Waals surface area contributed by atoms with Crippen molar-refractivity contribution in [3.63, 3.8) is 0 Å². The number of hydrogen-bond donors (Lipinski definition) is 0. The van der Waals surface area contributed by atoms with Gasteiger partial charge >= 0.3 is 20.1 Å². The molecule has 0 saturated heterocycles. The van der Waals surface area contributed by atoms with E-state index in [9.17, 15) is 1.37 Å². The van der Waals surface area contributed by atoms with Crippen LogP contribution in [-0.4, -0.2) is 19.9 Å². The third-order valence-electron chi connectivity index (χ3n) is 11.6. The van der Waals surface area contributed by atoms with Crippen LogP contribution in [0.2, 0.25) is 0 Å². The number of aromatic nitrogens is 4. The summed E-state index contributed by atoms with van der Waals surface area (Å²) in [6.45, 7) is 1.41. The summed E-state index contributed by atoms with van der Waals surface area (Å²) in [4.78, 5) is 18.9. The summed E-state index contributed by atoms with van der Waals surface area (Å²) in [5, 5.41) is 1.49. The Labute approximate surface area is 394 Å². The van der Waals surface area contributed by atoms with Crippen LogP contribution in [0.15, 0.2) is 169 Å². The third-order valence-corrected chi connectivity index (χ3v) is 11.6. The van der Waals surface area contributed by atoms with Gasteiger partial charge in [-0.25, -0.2) is 4.98 Å². The zero-order chi connectivity index (χ0) is 46.1. The van der Waals surface area contributed by atoms with Gasteiger partial charge in [-0.1, -0.05) is 97.6 Å². The van der Waals surface area contributed by atoms with Crippen LogP contribution < -0.4 is 0 Å². The molecule has 0 saturated carbocycles. The fourth-order valence-corrected chi connectivity index (χ4v) is 8.36. The van der Waals surface area contributed by atoms with Gasteiger partial charge in [0.1, 0.15) is 0 Å². The molecule has 0 aliphatic carbocycles. The molecule has 0 spiro atoms. The van der Waals surface area contributed by atoms with Gasteiger partial charge in [0.25, 0.3) is 0 Å². The fourth-order valence-electron chi connectivity index (χ4n) is 8.36. The Morgan fingerprint density at radius 2 is 1.19 bits per heavy atom. The van der Waals surface area contributed by atoms with Crippen LogP contribution in [-0.2, 0) is 45.8 Å². The number of fused-ring (bicyclic) bond motifs is 3. The summed E-state index contributed by atoms with van der Waals surface area (Å²) in [6, 6.07) is 58.4. The standard InChI is InChI=1S/C58H45N4O.Ir/c1-38(2)52-34-56(51-20-12-19-49-50-28-21-39(3)62-58(50)63-57(49)51)61-37-53(52)48-18-11-10-17-47(48)46-32-42(24-22-40-26-29-54(59-35-40)44-13-6-4-7-14-44)31-43(33-46)25-23-41-27-30-55(60-36-41)45-15-8-5-9-16-45;/h4-13,15,17-19,21,26-38H,22-25H2,1-3H3;/q-3;+3/i3D3,38D;. The van der Waals surface area contributed by atoms with Crippen LogP contribution in [0, 0.1) is 25.1 Å². The second-order valence-electron chi connectivity index (χ2n) is 16.1. The Bertz CT molecular complexity index is 3260. The van der Waals surface area contributed by atoms with Crippen LogP contribution in [0.5, 0.6) is 0 Å². The zero-order valence-electron chi connectivity index (χ0n) is 39.4. The molecule has 10 rings (SSSR count). The predicted molar refractivity (Wildman–Crippen MR) is 255 cm³/mol. The summed E-state index contributed by atoms with van der Waals surface area (Å²) >= 11 is 0. The molecule has 312 valence electrons. The molecule has 0 fully saturated rings. The fraction of sp³-hybridized carbons (Fsp3) is 0.138. The smallest absolute Gasteiger partial charge is 0.486 e. The Morgan fingerprint density at radius 3 is 1.78 bits per heavy atom. The van der Waals surface area contributed by atoms with Crippen molar-refractivity contribution >= 4 is 22.1 Å². The first-order valence-corrected chi connectivity index (χ1v) is 21.3. The Balaban J connectivity index is 0.00000578. The Morgan fingerprint density at radius 1 is 0.562 bits per heavy atom.